The fraction of sp³-hybridized carbons (Fsp3) is 0.269. The van der Waals surface area contributed by atoms with Gasteiger partial charge in [0.2, 0.25) is 0 Å². The van der Waals surface area contributed by atoms with E-state index in [2.05, 4.69) is 41.3 Å². The molecule has 2 aromatic carbocycles. The number of ether oxygens (including phenoxy) is 2. The van der Waals surface area contributed by atoms with E-state index in [9.17, 15) is 4.39 Å². The molecule has 1 saturated carbocycles. The lowest BCUT2D eigenvalue weighted by Crippen LogP contribution is -2.43. The normalized spacial score (nSPS) is 17.8. The molecular formula is C26H26FN5O2. The zero-order valence-corrected chi connectivity index (χ0v) is 19.1. The Morgan fingerprint density at radius 2 is 1.59 bits per heavy atom. The van der Waals surface area contributed by atoms with E-state index in [4.69, 9.17) is 15.2 Å². The summed E-state index contributed by atoms with van der Waals surface area (Å²) >= 11 is 0. The average molecular weight is 460 g/mol. The number of rotatable bonds is 7. The molecule has 1 aliphatic rings. The maximum atomic E-state index is 14.3. The molecule has 0 aliphatic heterocycles. The van der Waals surface area contributed by atoms with E-state index in [0.29, 0.717) is 11.6 Å². The lowest BCUT2D eigenvalue weighted by molar-refractivity contribution is 0.101. The van der Waals surface area contributed by atoms with Crippen LogP contribution in [-0.2, 0) is 5.41 Å². The van der Waals surface area contributed by atoms with Crippen LogP contribution in [0.5, 0.6) is 17.4 Å². The highest BCUT2D eigenvalue weighted by Gasteiger charge is 2.28. The maximum Gasteiger partial charge on any atom is 0.257 e. The summed E-state index contributed by atoms with van der Waals surface area (Å²) in [5, 5.41) is 7.62. The minimum atomic E-state index is -0.556. The van der Waals surface area contributed by atoms with Gasteiger partial charge in [-0.1, -0.05) is 43.3 Å². The molecule has 8 heteroatoms. The van der Waals surface area contributed by atoms with E-state index < -0.39 is 5.82 Å². The number of nitrogens with zero attached hydrogens (tertiary/aromatic N) is 4. The molecule has 34 heavy (non-hydrogen) atoms. The third-order valence-corrected chi connectivity index (χ3v) is 6.26. The molecule has 0 spiro atoms. The first-order valence-corrected chi connectivity index (χ1v) is 11.2. The zero-order valence-electron chi connectivity index (χ0n) is 19.1. The van der Waals surface area contributed by atoms with Crippen molar-refractivity contribution in [2.24, 2.45) is 5.73 Å². The summed E-state index contributed by atoms with van der Waals surface area (Å²) in [4.78, 5) is 4.22. The number of nitrogens with two attached hydrogens (primary N) is 1. The highest BCUT2D eigenvalue weighted by atomic mass is 19.1. The quantitative estimate of drug-likeness (QED) is 0.428. The van der Waals surface area contributed by atoms with Gasteiger partial charge in [0.15, 0.2) is 11.6 Å². The van der Waals surface area contributed by atoms with Crippen molar-refractivity contribution in [3.05, 3.63) is 90.0 Å². The van der Waals surface area contributed by atoms with Gasteiger partial charge in [-0.3, -0.25) is 0 Å². The van der Waals surface area contributed by atoms with Crippen molar-refractivity contribution in [1.29, 1.82) is 0 Å². The second-order valence-corrected chi connectivity index (χ2v) is 9.05. The summed E-state index contributed by atoms with van der Waals surface area (Å²) in [6.45, 7) is 4.32. The fourth-order valence-corrected chi connectivity index (χ4v) is 4.01. The Hall–Kier alpha value is -3.78. The molecule has 1 aliphatic carbocycles. The summed E-state index contributed by atoms with van der Waals surface area (Å²) in [5.41, 5.74) is 7.86. The molecule has 1 fully saturated rings. The third kappa shape index (κ3) is 4.49. The molecule has 174 valence electrons. The Balaban J connectivity index is 1.29. The Morgan fingerprint density at radius 3 is 2.18 bits per heavy atom. The van der Waals surface area contributed by atoms with Crippen molar-refractivity contribution < 1.29 is 13.9 Å². The van der Waals surface area contributed by atoms with Crippen LogP contribution in [0, 0.1) is 5.82 Å². The SMILES string of the molecule is CC(C)(c1ccc(Oc2nc(-n3ccnn3)ccc2F)cc1)c1ccc(OC2CC(N)C2)cc1. The minimum absolute atomic E-state index is 0.122. The van der Waals surface area contributed by atoms with Crippen LogP contribution in [-0.4, -0.2) is 32.1 Å². The lowest BCUT2D eigenvalue weighted by atomic mass is 9.78. The smallest absolute Gasteiger partial charge is 0.257 e. The summed E-state index contributed by atoms with van der Waals surface area (Å²) < 4.78 is 27.4. The van der Waals surface area contributed by atoms with E-state index in [-0.39, 0.29) is 23.4 Å². The van der Waals surface area contributed by atoms with E-state index in [0.717, 1.165) is 29.7 Å². The molecule has 2 aromatic heterocycles. The van der Waals surface area contributed by atoms with Crippen molar-refractivity contribution in [2.45, 2.75) is 44.2 Å². The summed E-state index contributed by atoms with van der Waals surface area (Å²) in [6.07, 6.45) is 5.19. The monoisotopic (exact) mass is 459 g/mol. The molecule has 0 atom stereocenters. The molecule has 0 saturated heterocycles. The molecule has 0 unspecified atom stereocenters. The zero-order chi connectivity index (χ0) is 23.7. The van der Waals surface area contributed by atoms with Gasteiger partial charge >= 0.3 is 0 Å². The van der Waals surface area contributed by atoms with E-state index in [1.165, 1.54) is 23.0 Å². The molecule has 0 amide bonds. The van der Waals surface area contributed by atoms with Gasteiger partial charge in [0.1, 0.15) is 17.6 Å². The predicted octanol–water partition coefficient (Wildman–Crippen LogP) is 4.79. The summed E-state index contributed by atoms with van der Waals surface area (Å²) in [7, 11) is 0. The molecule has 2 heterocycles. The number of aromatic nitrogens is 4. The molecular weight excluding hydrogens is 433 g/mol. The van der Waals surface area contributed by atoms with Crippen LogP contribution >= 0.6 is 0 Å². The van der Waals surface area contributed by atoms with Crippen molar-refractivity contribution in [3.63, 3.8) is 0 Å². The van der Waals surface area contributed by atoms with Crippen LogP contribution in [0.4, 0.5) is 4.39 Å². The van der Waals surface area contributed by atoms with Gasteiger partial charge < -0.3 is 15.2 Å². The van der Waals surface area contributed by atoms with Gasteiger partial charge in [0, 0.05) is 11.5 Å². The Bertz CT molecular complexity index is 1250. The van der Waals surface area contributed by atoms with Gasteiger partial charge in [-0.25, -0.2) is 9.07 Å². The second-order valence-electron chi connectivity index (χ2n) is 9.05. The second kappa shape index (κ2) is 8.87. The minimum Gasteiger partial charge on any atom is -0.490 e. The number of halogens is 1. The Morgan fingerprint density at radius 1 is 0.941 bits per heavy atom. The number of hydrogen-bond acceptors (Lipinski definition) is 6. The highest BCUT2D eigenvalue weighted by molar-refractivity contribution is 5.42. The number of pyridine rings is 1. The van der Waals surface area contributed by atoms with Crippen LogP contribution in [0.25, 0.3) is 5.82 Å². The van der Waals surface area contributed by atoms with Crippen LogP contribution in [0.3, 0.4) is 0 Å². The average Bonchev–Trinajstić information content (AvgIpc) is 3.35. The van der Waals surface area contributed by atoms with Crippen molar-refractivity contribution in [1.82, 2.24) is 20.0 Å². The Labute approximate surface area is 197 Å². The largest absolute Gasteiger partial charge is 0.490 e. The summed E-state index contributed by atoms with van der Waals surface area (Å²) in [5.74, 6) is 1.09. The first-order chi connectivity index (χ1) is 16.4. The predicted molar refractivity (Wildman–Crippen MR) is 126 cm³/mol. The van der Waals surface area contributed by atoms with Gasteiger partial charge in [-0.15, -0.1) is 5.10 Å². The molecule has 0 radical (unpaired) electrons. The fourth-order valence-electron chi connectivity index (χ4n) is 4.01. The van der Waals surface area contributed by atoms with Crippen LogP contribution in [0.15, 0.2) is 73.1 Å². The van der Waals surface area contributed by atoms with Crippen LogP contribution in [0.2, 0.25) is 0 Å². The van der Waals surface area contributed by atoms with Crippen LogP contribution < -0.4 is 15.2 Å². The van der Waals surface area contributed by atoms with Gasteiger partial charge in [0.25, 0.3) is 5.88 Å². The molecule has 2 N–H and O–H groups in total. The topological polar surface area (TPSA) is 88.1 Å². The molecule has 5 rings (SSSR count). The maximum absolute atomic E-state index is 14.3. The first kappa shape index (κ1) is 22.0. The van der Waals surface area contributed by atoms with Crippen LogP contribution in [0.1, 0.15) is 37.8 Å². The highest BCUT2D eigenvalue weighted by Crippen LogP contribution is 2.35. The first-order valence-electron chi connectivity index (χ1n) is 11.2. The van der Waals surface area contributed by atoms with Gasteiger partial charge in [0.05, 0.1) is 12.4 Å². The van der Waals surface area contributed by atoms with Crippen molar-refractivity contribution in [3.8, 4) is 23.2 Å². The molecule has 0 bridgehead atoms. The molecule has 4 aromatic rings. The Kier molecular flexibility index (Phi) is 5.75. The summed E-state index contributed by atoms with van der Waals surface area (Å²) in [6, 6.07) is 18.9. The standard InChI is InChI=1S/C26H26FN5O2/c1-26(2,17-3-7-20(8-4-17)33-22-15-19(28)16-22)18-5-9-21(10-6-18)34-25-23(27)11-12-24(30-25)32-14-13-29-31-32/h3-14,19,22H,15-16,28H2,1-2H3. The third-order valence-electron chi connectivity index (χ3n) is 6.26. The number of benzene rings is 2. The van der Waals surface area contributed by atoms with Gasteiger partial charge in [-0.05, 0) is 60.4 Å². The lowest BCUT2D eigenvalue weighted by Gasteiger charge is -2.33. The number of hydrogen-bond donors (Lipinski definition) is 1. The van der Waals surface area contributed by atoms with Crippen molar-refractivity contribution in [2.75, 3.05) is 0 Å². The van der Waals surface area contributed by atoms with E-state index in [1.807, 2.05) is 36.4 Å². The van der Waals surface area contributed by atoms with E-state index >= 15 is 0 Å². The van der Waals surface area contributed by atoms with Crippen molar-refractivity contribution >= 4 is 0 Å². The molecule has 7 nitrogen and oxygen atoms in total. The van der Waals surface area contributed by atoms with Gasteiger partial charge in [-0.2, -0.15) is 4.98 Å². The van der Waals surface area contributed by atoms with E-state index in [1.54, 1.807) is 6.20 Å².